The second-order valence-electron chi connectivity index (χ2n) is 14.6. The fourth-order valence-electron chi connectivity index (χ4n) is 6.67. The van der Waals surface area contributed by atoms with Crippen LogP contribution in [0.1, 0.15) is 181 Å². The van der Waals surface area contributed by atoms with Gasteiger partial charge in [-0.2, -0.15) is 0 Å². The third-order valence-corrected chi connectivity index (χ3v) is 10.1. The Morgan fingerprint density at radius 1 is 0.633 bits per heavy atom. The van der Waals surface area contributed by atoms with Crippen LogP contribution in [0.4, 0.5) is 0 Å². The van der Waals surface area contributed by atoms with Gasteiger partial charge >= 0.3 is 0 Å². The van der Waals surface area contributed by atoms with Crippen molar-refractivity contribution in [2.24, 2.45) is 0 Å². The highest BCUT2D eigenvalue weighted by Crippen LogP contribution is 2.23. The fourth-order valence-corrected chi connectivity index (χ4v) is 6.67. The van der Waals surface area contributed by atoms with E-state index in [1.807, 2.05) is 0 Å². The predicted molar refractivity (Wildman–Crippen MR) is 195 cm³/mol. The minimum Gasteiger partial charge on any atom is -0.394 e. The van der Waals surface area contributed by atoms with Crippen molar-refractivity contribution in [3.8, 4) is 0 Å². The van der Waals surface area contributed by atoms with E-state index in [0.717, 1.165) is 44.9 Å². The number of unbranched alkanes of at least 4 members (excludes halogenated alkanes) is 22. The number of ether oxygens (including phenoxy) is 2. The summed E-state index contributed by atoms with van der Waals surface area (Å²) in [6.07, 6.45) is 19.7. The molecule has 0 aromatic heterocycles. The van der Waals surface area contributed by atoms with Crippen molar-refractivity contribution in [1.29, 1.82) is 0 Å². The van der Waals surface area contributed by atoms with E-state index in [9.17, 15) is 35.4 Å². The van der Waals surface area contributed by atoms with Crippen molar-refractivity contribution < 1.29 is 44.9 Å². The Hall–Kier alpha value is -0.850. The summed E-state index contributed by atoms with van der Waals surface area (Å²) in [5.41, 5.74) is 0. The molecule has 1 amide bonds. The molecule has 49 heavy (non-hydrogen) atoms. The summed E-state index contributed by atoms with van der Waals surface area (Å²) < 4.78 is 11.1. The number of carbonyl (C=O) groups is 1. The summed E-state index contributed by atoms with van der Waals surface area (Å²) in [5.74, 6) is -0.258. The van der Waals surface area contributed by atoms with Crippen molar-refractivity contribution in [1.82, 2.24) is 5.32 Å². The maximum atomic E-state index is 12.9. The first-order valence-electron chi connectivity index (χ1n) is 20.3. The van der Waals surface area contributed by atoms with E-state index in [2.05, 4.69) is 19.2 Å². The molecule has 0 bridgehead atoms. The minimum absolute atomic E-state index is 0.258. The highest BCUT2D eigenvalue weighted by Gasteiger charge is 2.44. The largest absolute Gasteiger partial charge is 0.394 e. The summed E-state index contributed by atoms with van der Waals surface area (Å²) in [4.78, 5) is 12.9. The Labute approximate surface area is 298 Å². The highest BCUT2D eigenvalue weighted by molar-refractivity contribution is 5.76. The smallest absolute Gasteiger partial charge is 0.220 e. The number of hydrogen-bond acceptors (Lipinski definition) is 9. The number of hydrogen-bond donors (Lipinski definition) is 7. The van der Waals surface area contributed by atoms with Crippen LogP contribution in [0.25, 0.3) is 0 Å². The summed E-state index contributed by atoms with van der Waals surface area (Å²) in [7, 11) is 0. The van der Waals surface area contributed by atoms with E-state index in [1.165, 1.54) is 109 Å². The summed E-state index contributed by atoms with van der Waals surface area (Å²) >= 11 is 0. The first-order chi connectivity index (χ1) is 23.8. The number of aliphatic hydroxyl groups excluding tert-OH is 6. The molecular formula is C39H77NO9. The van der Waals surface area contributed by atoms with Gasteiger partial charge in [0.25, 0.3) is 0 Å². The maximum Gasteiger partial charge on any atom is 0.220 e. The molecule has 10 nitrogen and oxygen atoms in total. The lowest BCUT2D eigenvalue weighted by atomic mass is 9.98. The molecule has 0 saturated carbocycles. The third-order valence-electron chi connectivity index (χ3n) is 10.1. The molecule has 2 unspecified atom stereocenters. The summed E-state index contributed by atoms with van der Waals surface area (Å²) in [6.45, 7) is 3.58. The van der Waals surface area contributed by atoms with E-state index in [0.29, 0.717) is 6.42 Å². The van der Waals surface area contributed by atoms with Gasteiger partial charge in [-0.15, -0.1) is 0 Å². The average molecular weight is 704 g/mol. The van der Waals surface area contributed by atoms with Crippen LogP contribution in [0.5, 0.6) is 0 Å². The van der Waals surface area contributed by atoms with E-state index < -0.39 is 55.6 Å². The Bertz CT molecular complexity index is 758. The van der Waals surface area contributed by atoms with Crippen LogP contribution in [0, 0.1) is 0 Å². The molecular weight excluding hydrogens is 626 g/mol. The number of amides is 1. The third kappa shape index (κ3) is 22.0. The van der Waals surface area contributed by atoms with Gasteiger partial charge in [-0.3, -0.25) is 4.79 Å². The van der Waals surface area contributed by atoms with Crippen LogP contribution >= 0.6 is 0 Å². The van der Waals surface area contributed by atoms with Crippen molar-refractivity contribution >= 4 is 5.91 Å². The Kier molecular flexibility index (Phi) is 29.0. The van der Waals surface area contributed by atoms with E-state index in [1.54, 1.807) is 0 Å². The van der Waals surface area contributed by atoms with Gasteiger partial charge in [0, 0.05) is 6.42 Å². The standard InChI is InChI=1S/C39H77NO9/c1-3-5-7-9-11-13-15-17-19-21-23-25-27-32(42)35(44)31(30-48-39-38(47)37(46)36(45)33(29-41)49-39)40-34(43)28-26-24-22-20-18-16-14-12-10-8-6-4-2/h31-33,35-39,41-42,44-47H,3-30H2,1-2H3,(H,40,43)/t31-,32+,33+,35-,36+,37?,38?,39+/m0/s1. The van der Waals surface area contributed by atoms with Gasteiger partial charge in [-0.25, -0.2) is 0 Å². The van der Waals surface area contributed by atoms with Crippen LogP contribution in [-0.4, -0.2) is 98.7 Å². The van der Waals surface area contributed by atoms with Crippen LogP contribution in [0.2, 0.25) is 0 Å². The van der Waals surface area contributed by atoms with Gasteiger partial charge in [0.2, 0.25) is 5.91 Å². The molecule has 0 aliphatic carbocycles. The minimum atomic E-state index is -1.60. The molecule has 0 spiro atoms. The fraction of sp³-hybridized carbons (Fsp3) is 0.974. The van der Waals surface area contributed by atoms with Crippen LogP contribution < -0.4 is 5.32 Å². The lowest BCUT2D eigenvalue weighted by Gasteiger charge is -2.40. The van der Waals surface area contributed by atoms with Gasteiger partial charge in [0.1, 0.15) is 30.5 Å². The Balaban J connectivity index is 2.47. The maximum absolute atomic E-state index is 12.9. The van der Waals surface area contributed by atoms with Crippen LogP contribution in [0.3, 0.4) is 0 Å². The molecule has 1 aliphatic heterocycles. The molecule has 1 fully saturated rings. The van der Waals surface area contributed by atoms with E-state index >= 15 is 0 Å². The number of carbonyl (C=O) groups excluding carboxylic acids is 1. The zero-order valence-electron chi connectivity index (χ0n) is 31.3. The highest BCUT2D eigenvalue weighted by atomic mass is 16.7. The van der Waals surface area contributed by atoms with Crippen LogP contribution in [-0.2, 0) is 14.3 Å². The predicted octanol–water partition coefficient (Wildman–Crippen LogP) is 6.19. The van der Waals surface area contributed by atoms with E-state index in [-0.39, 0.29) is 18.9 Å². The van der Waals surface area contributed by atoms with Crippen LogP contribution in [0.15, 0.2) is 0 Å². The topological polar surface area (TPSA) is 169 Å². The number of rotatable bonds is 33. The van der Waals surface area contributed by atoms with Crippen molar-refractivity contribution in [3.63, 3.8) is 0 Å². The Morgan fingerprint density at radius 3 is 1.51 bits per heavy atom. The zero-order chi connectivity index (χ0) is 36.1. The van der Waals surface area contributed by atoms with Crippen molar-refractivity contribution in [2.75, 3.05) is 13.2 Å². The van der Waals surface area contributed by atoms with Gasteiger partial charge in [-0.05, 0) is 12.8 Å². The summed E-state index contributed by atoms with van der Waals surface area (Å²) in [6, 6.07) is -0.982. The molecule has 292 valence electrons. The number of nitrogens with one attached hydrogen (secondary N) is 1. The van der Waals surface area contributed by atoms with E-state index in [4.69, 9.17) is 9.47 Å². The van der Waals surface area contributed by atoms with Crippen molar-refractivity contribution in [2.45, 2.75) is 230 Å². The second-order valence-corrected chi connectivity index (χ2v) is 14.6. The lowest BCUT2D eigenvalue weighted by molar-refractivity contribution is -0.303. The second kappa shape index (κ2) is 30.7. The quantitative estimate of drug-likeness (QED) is 0.0394. The molecule has 1 saturated heterocycles. The molecule has 1 rings (SSSR count). The monoisotopic (exact) mass is 704 g/mol. The molecule has 1 aliphatic rings. The molecule has 0 aromatic carbocycles. The van der Waals surface area contributed by atoms with Gasteiger partial charge in [0.05, 0.1) is 25.4 Å². The molecule has 0 radical (unpaired) electrons. The van der Waals surface area contributed by atoms with Gasteiger partial charge in [0.15, 0.2) is 6.29 Å². The molecule has 8 atom stereocenters. The molecule has 10 heteroatoms. The SMILES string of the molecule is CCCCCCCCCCCCCCC(=O)N[C@@H](CO[C@@H]1O[C@H](CO)[C@@H](O)C(O)C1O)[C@H](O)[C@H](O)CCCCCCCCCCCCCC. The normalized spacial score (nSPS) is 23.0. The first kappa shape index (κ1) is 46.2. The molecule has 0 aromatic rings. The Morgan fingerprint density at radius 2 is 1.06 bits per heavy atom. The van der Waals surface area contributed by atoms with Crippen molar-refractivity contribution in [3.05, 3.63) is 0 Å². The molecule has 7 N–H and O–H groups in total. The van der Waals surface area contributed by atoms with Gasteiger partial charge < -0.3 is 45.4 Å². The first-order valence-corrected chi connectivity index (χ1v) is 20.3. The number of aliphatic hydroxyl groups is 6. The molecule has 1 heterocycles. The van der Waals surface area contributed by atoms with Gasteiger partial charge in [-0.1, -0.05) is 162 Å². The average Bonchev–Trinajstić information content (AvgIpc) is 3.10. The zero-order valence-corrected chi connectivity index (χ0v) is 31.3. The lowest BCUT2D eigenvalue weighted by Crippen LogP contribution is -2.60. The summed E-state index contributed by atoms with van der Waals surface area (Å²) in [5, 5.41) is 64.8.